The molecular weight excluding hydrogens is 178 g/mol. The Kier molecular flexibility index (Phi) is 3.65. The lowest BCUT2D eigenvalue weighted by Gasteiger charge is -2.05. The third kappa shape index (κ3) is 2.52. The molecule has 1 saturated carbocycles. The van der Waals surface area contributed by atoms with Gasteiger partial charge in [-0.1, -0.05) is 5.82 Å². The summed E-state index contributed by atoms with van der Waals surface area (Å²) in [7, 11) is 4.75. The van der Waals surface area contributed by atoms with Crippen LogP contribution in [0.25, 0.3) is 0 Å². The van der Waals surface area contributed by atoms with Gasteiger partial charge in [0, 0.05) is 4.57 Å². The zero-order valence-electron chi connectivity index (χ0n) is 6.84. The molecule has 1 fully saturated rings. The van der Waals surface area contributed by atoms with Gasteiger partial charge in [-0.25, -0.2) is 0 Å². The quantitative estimate of drug-likeness (QED) is 0.526. The summed E-state index contributed by atoms with van der Waals surface area (Å²) in [6.45, 7) is 0. The largest absolute Gasteiger partial charge is 0.697 e. The third-order valence-electron chi connectivity index (χ3n) is 1.88. The van der Waals surface area contributed by atoms with E-state index in [1.54, 1.807) is 0 Å². The predicted octanol–water partition coefficient (Wildman–Crippen LogP) is 0.787. The highest BCUT2D eigenvalue weighted by Crippen LogP contribution is 2.36. The molecule has 1 aliphatic rings. The van der Waals surface area contributed by atoms with E-state index >= 15 is 0 Å². The van der Waals surface area contributed by atoms with Gasteiger partial charge in [0.05, 0.1) is 21.1 Å². The Morgan fingerprint density at radius 1 is 1.58 bits per heavy atom. The van der Waals surface area contributed by atoms with Gasteiger partial charge in [0.25, 0.3) is 0 Å². The molecule has 12 heavy (non-hydrogen) atoms. The summed E-state index contributed by atoms with van der Waals surface area (Å²) in [5.74, 6) is -0.0646. The average molecular weight is 189 g/mol. The summed E-state index contributed by atoms with van der Waals surface area (Å²) >= 11 is 0. The van der Waals surface area contributed by atoms with Crippen molar-refractivity contribution >= 4 is 16.1 Å². The van der Waals surface area contributed by atoms with Gasteiger partial charge in [-0.2, -0.15) is 0 Å². The van der Waals surface area contributed by atoms with E-state index in [-0.39, 0.29) is 5.82 Å². The fourth-order valence-corrected chi connectivity index (χ4v) is 1.81. The number of aliphatic hydroxyl groups excluding tert-OH is 1. The number of hydrogen-bond acceptors (Lipinski definition) is 4. The minimum absolute atomic E-state index is 0.0646. The molecule has 1 aliphatic carbocycles. The zero-order chi connectivity index (χ0) is 9.14. The maximum absolute atomic E-state index is 10.8. The van der Waals surface area contributed by atoms with Crippen LogP contribution in [0.5, 0.6) is 0 Å². The monoisotopic (exact) mass is 189 g/mol. The molecule has 0 amide bonds. The first-order valence-electron chi connectivity index (χ1n) is 3.75. The van der Waals surface area contributed by atoms with Gasteiger partial charge in [-0.15, -0.1) is 9.05 Å². The van der Waals surface area contributed by atoms with Gasteiger partial charge >= 0.3 is 8.25 Å². The van der Waals surface area contributed by atoms with Crippen LogP contribution in [0, 0.1) is 0 Å². The van der Waals surface area contributed by atoms with E-state index in [9.17, 15) is 9.67 Å². The average Bonchev–Trinajstić information content (AvgIpc) is 2.30. The van der Waals surface area contributed by atoms with Crippen LogP contribution in [0.3, 0.4) is 0 Å². The van der Waals surface area contributed by atoms with E-state index < -0.39 is 20.5 Å². The van der Waals surface area contributed by atoms with Crippen molar-refractivity contribution in [1.29, 1.82) is 0 Å². The molecule has 0 heterocycles. The van der Waals surface area contributed by atoms with Crippen molar-refractivity contribution in [1.82, 2.24) is 0 Å². The van der Waals surface area contributed by atoms with Gasteiger partial charge in [0.1, 0.15) is 6.10 Å². The van der Waals surface area contributed by atoms with Crippen molar-refractivity contribution in [3.8, 4) is 0 Å². The summed E-state index contributed by atoms with van der Waals surface area (Å²) in [4.78, 5) is 0. The van der Waals surface area contributed by atoms with Crippen molar-refractivity contribution < 1.29 is 18.7 Å². The maximum atomic E-state index is 10.8. The Hall–Kier alpha value is 0.0449. The lowest BCUT2D eigenvalue weighted by atomic mass is 9.86. The molecule has 0 aromatic carbocycles. The molecule has 0 spiro atoms. The van der Waals surface area contributed by atoms with Crippen LogP contribution in [-0.2, 0) is 13.6 Å². The van der Waals surface area contributed by atoms with E-state index in [4.69, 9.17) is 12.4 Å². The highest BCUT2D eigenvalue weighted by Gasteiger charge is 2.38. The summed E-state index contributed by atoms with van der Waals surface area (Å²) < 4.78 is 20.1. The van der Waals surface area contributed by atoms with Gasteiger partial charge < -0.3 is 5.11 Å². The van der Waals surface area contributed by atoms with Gasteiger partial charge in [-0.3, -0.25) is 0 Å². The number of aliphatic hydroxyl groups is 1. The number of hydrogen-bond donors (Lipinski definition) is 1. The molecule has 1 N–H and O–H groups in total. The van der Waals surface area contributed by atoms with Gasteiger partial charge in [-0.05, 0) is 12.8 Å². The van der Waals surface area contributed by atoms with Crippen molar-refractivity contribution in [2.45, 2.75) is 30.9 Å². The Labute approximate surface area is 73.6 Å². The predicted molar refractivity (Wildman–Crippen MR) is 44.2 cm³/mol. The molecule has 4 unspecified atom stereocenters. The van der Waals surface area contributed by atoms with Crippen LogP contribution < -0.4 is 0 Å². The first-order chi connectivity index (χ1) is 5.63. The first kappa shape index (κ1) is 10.1. The summed E-state index contributed by atoms with van der Waals surface area (Å²) in [5, 5.41) is 9.31. The topological polar surface area (TPSA) is 55.8 Å². The lowest BCUT2D eigenvalue weighted by Crippen LogP contribution is -2.19. The molecule has 0 bridgehead atoms. The molecule has 2 radical (unpaired) electrons. The van der Waals surface area contributed by atoms with Crippen LogP contribution >= 0.6 is 8.25 Å². The minimum atomic E-state index is -2.10. The normalized spacial score (nSPS) is 36.8. The summed E-state index contributed by atoms with van der Waals surface area (Å²) in [6, 6.07) is 0. The van der Waals surface area contributed by atoms with Crippen molar-refractivity contribution in [2.75, 3.05) is 7.11 Å². The van der Waals surface area contributed by atoms with E-state index in [0.29, 0.717) is 12.8 Å². The minimum Gasteiger partial charge on any atom is -0.390 e. The fraction of sp³-hybridized carbons (Fsp3) is 1.00. The van der Waals surface area contributed by atoms with Gasteiger partial charge in [0.2, 0.25) is 0 Å². The third-order valence-corrected chi connectivity index (χ3v) is 2.62. The Morgan fingerprint density at radius 2 is 2.25 bits per heavy atom. The summed E-state index contributed by atoms with van der Waals surface area (Å²) in [5.41, 5.74) is 0. The fourth-order valence-electron chi connectivity index (χ4n) is 1.28. The van der Waals surface area contributed by atoms with E-state index in [1.807, 2.05) is 0 Å². The van der Waals surface area contributed by atoms with Crippen molar-refractivity contribution in [2.24, 2.45) is 0 Å². The first-order valence-corrected chi connectivity index (χ1v) is 4.84. The van der Waals surface area contributed by atoms with E-state index in [0.717, 1.165) is 0 Å². The van der Waals surface area contributed by atoms with Crippen LogP contribution in [0.2, 0.25) is 5.82 Å². The van der Waals surface area contributed by atoms with E-state index in [1.165, 1.54) is 7.11 Å². The van der Waals surface area contributed by atoms with Crippen molar-refractivity contribution in [3.05, 3.63) is 0 Å². The molecule has 4 nitrogen and oxygen atoms in total. The molecular formula is C6H11BO4P+. The van der Waals surface area contributed by atoms with Crippen molar-refractivity contribution in [3.63, 3.8) is 0 Å². The summed E-state index contributed by atoms with van der Waals surface area (Å²) in [6.07, 6.45) is -0.0268. The van der Waals surface area contributed by atoms with E-state index in [2.05, 4.69) is 4.52 Å². The molecule has 0 aromatic rings. The molecule has 4 atom stereocenters. The second-order valence-corrected chi connectivity index (χ2v) is 3.87. The van der Waals surface area contributed by atoms with Crippen LogP contribution in [0.1, 0.15) is 12.8 Å². The Morgan fingerprint density at radius 3 is 2.67 bits per heavy atom. The smallest absolute Gasteiger partial charge is 0.390 e. The molecule has 0 aromatic heterocycles. The molecule has 66 valence electrons. The van der Waals surface area contributed by atoms with Crippen LogP contribution in [0.15, 0.2) is 0 Å². The maximum Gasteiger partial charge on any atom is 0.697 e. The lowest BCUT2D eigenvalue weighted by molar-refractivity contribution is 0.0556. The molecule has 0 aliphatic heterocycles. The standard InChI is InChI=1S/C6H11BO4P/c1-10-12(9)11-6-3-4(7)2-5(6)8/h4-6,8H,2-3H2,1H3/q+1. The SMILES string of the molecule is [B]C1CC(O)C(O[P+](=O)OC)C1. The molecule has 1 rings (SSSR count). The zero-order valence-corrected chi connectivity index (χ0v) is 7.74. The van der Waals surface area contributed by atoms with Crippen LogP contribution in [-0.4, -0.2) is 32.3 Å². The molecule has 0 saturated heterocycles. The second kappa shape index (κ2) is 4.33. The Balaban J connectivity index is 2.37. The highest BCUT2D eigenvalue weighted by atomic mass is 31.1. The number of rotatable bonds is 3. The second-order valence-electron chi connectivity index (χ2n) is 2.85. The highest BCUT2D eigenvalue weighted by molar-refractivity contribution is 7.33. The van der Waals surface area contributed by atoms with Gasteiger partial charge in [0.15, 0.2) is 0 Å². The molecule has 6 heteroatoms. The Bertz CT molecular complexity index is 177. The van der Waals surface area contributed by atoms with Crippen LogP contribution in [0.4, 0.5) is 0 Å².